The molecule has 4 heteroatoms. The number of carbonyl (C=O) groups excluding carboxylic acids is 1. The molecule has 1 N–H and O–H groups in total. The molecule has 0 spiro atoms. The maximum absolute atomic E-state index is 12.7. The molecule has 3 aromatic carbocycles. The predicted octanol–water partition coefficient (Wildman–Crippen LogP) is 5.29. The van der Waals surface area contributed by atoms with Gasteiger partial charge in [-0.15, -0.1) is 0 Å². The van der Waals surface area contributed by atoms with E-state index in [0.29, 0.717) is 23.6 Å². The van der Waals surface area contributed by atoms with Gasteiger partial charge in [-0.1, -0.05) is 42.5 Å². The first-order valence-corrected chi connectivity index (χ1v) is 10.2. The number of aryl methyl sites for hydroxylation is 1. The molecule has 3 aromatic rings. The van der Waals surface area contributed by atoms with Gasteiger partial charge in [0.2, 0.25) is 0 Å². The molecule has 1 amide bonds. The predicted molar refractivity (Wildman–Crippen MR) is 118 cm³/mol. The Labute approximate surface area is 172 Å². The Hall–Kier alpha value is -3.27. The van der Waals surface area contributed by atoms with Gasteiger partial charge in [-0.25, -0.2) is 0 Å². The molecule has 4 nitrogen and oxygen atoms in total. The van der Waals surface area contributed by atoms with Crippen molar-refractivity contribution in [1.82, 2.24) is 0 Å². The number of rotatable bonds is 6. The minimum absolute atomic E-state index is 0.132. The van der Waals surface area contributed by atoms with Gasteiger partial charge in [-0.05, 0) is 61.2 Å². The third-order valence-corrected chi connectivity index (χ3v) is 5.23. The fourth-order valence-electron chi connectivity index (χ4n) is 3.80. The molecule has 1 aliphatic heterocycles. The summed E-state index contributed by atoms with van der Waals surface area (Å²) in [7, 11) is 0. The molecule has 0 aliphatic carbocycles. The molecule has 0 saturated heterocycles. The molecule has 0 fully saturated rings. The fourth-order valence-corrected chi connectivity index (χ4v) is 3.80. The smallest absolute Gasteiger partial charge is 0.255 e. The van der Waals surface area contributed by atoms with Gasteiger partial charge in [0.1, 0.15) is 5.75 Å². The van der Waals surface area contributed by atoms with Crippen LogP contribution in [0.15, 0.2) is 72.8 Å². The van der Waals surface area contributed by atoms with Gasteiger partial charge in [-0.3, -0.25) is 4.79 Å². The molecule has 0 unspecified atom stereocenters. The topological polar surface area (TPSA) is 41.6 Å². The van der Waals surface area contributed by atoms with Crippen LogP contribution in [0.2, 0.25) is 0 Å². The summed E-state index contributed by atoms with van der Waals surface area (Å²) in [6.07, 6.45) is 2.33. The third kappa shape index (κ3) is 4.43. The Bertz CT molecular complexity index is 982. The summed E-state index contributed by atoms with van der Waals surface area (Å²) in [5.41, 5.74) is 5.27. The van der Waals surface area contributed by atoms with Crippen molar-refractivity contribution in [3.05, 3.63) is 89.5 Å². The molecule has 29 heavy (non-hydrogen) atoms. The van der Waals surface area contributed by atoms with E-state index in [1.54, 1.807) is 0 Å². The van der Waals surface area contributed by atoms with E-state index in [1.165, 1.54) is 23.2 Å². The zero-order valence-electron chi connectivity index (χ0n) is 16.7. The number of hydrogen-bond donors (Lipinski definition) is 1. The second-order valence-electron chi connectivity index (χ2n) is 7.23. The van der Waals surface area contributed by atoms with Crippen LogP contribution in [0.4, 0.5) is 11.4 Å². The fraction of sp³-hybridized carbons (Fsp3) is 0.240. The number of carbonyl (C=O) groups is 1. The first kappa shape index (κ1) is 19.1. The number of ether oxygens (including phenoxy) is 1. The van der Waals surface area contributed by atoms with Gasteiger partial charge < -0.3 is 15.0 Å². The van der Waals surface area contributed by atoms with E-state index in [1.807, 2.05) is 55.5 Å². The average Bonchev–Trinajstić information content (AvgIpc) is 2.76. The number of para-hydroxylation sites is 3. The Morgan fingerprint density at radius 2 is 1.76 bits per heavy atom. The average molecular weight is 386 g/mol. The normalized spacial score (nSPS) is 12.9. The molecule has 0 aromatic heterocycles. The molecule has 4 rings (SSSR count). The van der Waals surface area contributed by atoms with E-state index in [9.17, 15) is 4.79 Å². The van der Waals surface area contributed by atoms with Crippen LogP contribution in [-0.2, 0) is 13.0 Å². The van der Waals surface area contributed by atoms with Crippen LogP contribution in [0.5, 0.6) is 5.75 Å². The van der Waals surface area contributed by atoms with Crippen LogP contribution in [-0.4, -0.2) is 19.1 Å². The van der Waals surface area contributed by atoms with Crippen LogP contribution < -0.4 is 15.0 Å². The summed E-state index contributed by atoms with van der Waals surface area (Å²) in [5, 5.41) is 2.95. The second kappa shape index (κ2) is 8.82. The van der Waals surface area contributed by atoms with E-state index >= 15 is 0 Å². The number of amides is 1. The number of fused-ring (bicyclic) bond motifs is 1. The second-order valence-corrected chi connectivity index (χ2v) is 7.23. The number of nitrogens with one attached hydrogen (secondary N) is 1. The lowest BCUT2D eigenvalue weighted by atomic mass is 10.0. The summed E-state index contributed by atoms with van der Waals surface area (Å²) in [6, 6.07) is 24.0. The molecule has 1 heterocycles. The van der Waals surface area contributed by atoms with Gasteiger partial charge in [-0.2, -0.15) is 0 Å². The minimum Gasteiger partial charge on any atom is -0.492 e. The molecule has 1 aliphatic rings. The number of nitrogens with zero attached hydrogens (tertiary/aromatic N) is 1. The van der Waals surface area contributed by atoms with Crippen LogP contribution in [0, 0.1) is 0 Å². The van der Waals surface area contributed by atoms with Crippen molar-refractivity contribution in [3.8, 4) is 5.75 Å². The highest BCUT2D eigenvalue weighted by atomic mass is 16.5. The van der Waals surface area contributed by atoms with Gasteiger partial charge in [0.05, 0.1) is 12.3 Å². The monoisotopic (exact) mass is 386 g/mol. The van der Waals surface area contributed by atoms with Gasteiger partial charge in [0.25, 0.3) is 5.91 Å². The molecule has 148 valence electrons. The Morgan fingerprint density at radius 3 is 2.59 bits per heavy atom. The van der Waals surface area contributed by atoms with Crippen LogP contribution in [0.1, 0.15) is 34.8 Å². The standard InChI is InChI=1S/C25H26N2O2/c1-2-29-24-12-6-4-10-22(24)26-25(28)21-15-13-19(14-16-21)18-27-17-7-9-20-8-3-5-11-23(20)27/h3-6,8,10-16H,2,7,9,17-18H2,1H3,(H,26,28). The lowest BCUT2D eigenvalue weighted by molar-refractivity contribution is 0.102. The first-order valence-electron chi connectivity index (χ1n) is 10.2. The summed E-state index contributed by atoms with van der Waals surface area (Å²) < 4.78 is 5.59. The van der Waals surface area contributed by atoms with Crippen molar-refractivity contribution in [1.29, 1.82) is 0 Å². The first-order chi connectivity index (χ1) is 14.2. The quantitative estimate of drug-likeness (QED) is 0.626. The number of hydrogen-bond acceptors (Lipinski definition) is 3. The lowest BCUT2D eigenvalue weighted by Gasteiger charge is -2.31. The molecule has 0 radical (unpaired) electrons. The maximum atomic E-state index is 12.7. The van der Waals surface area contributed by atoms with Crippen molar-refractivity contribution in [2.24, 2.45) is 0 Å². The Kier molecular flexibility index (Phi) is 5.80. The highest BCUT2D eigenvalue weighted by Gasteiger charge is 2.16. The van der Waals surface area contributed by atoms with Crippen molar-refractivity contribution >= 4 is 17.3 Å². The third-order valence-electron chi connectivity index (χ3n) is 5.23. The van der Waals surface area contributed by atoms with Gasteiger partial charge in [0.15, 0.2) is 0 Å². The highest BCUT2D eigenvalue weighted by molar-refractivity contribution is 6.05. The summed E-state index contributed by atoms with van der Waals surface area (Å²) in [5.74, 6) is 0.552. The van der Waals surface area contributed by atoms with E-state index in [4.69, 9.17) is 4.74 Å². The molecular formula is C25H26N2O2. The lowest BCUT2D eigenvalue weighted by Crippen LogP contribution is -2.28. The molecule has 0 saturated carbocycles. The summed E-state index contributed by atoms with van der Waals surface area (Å²) in [4.78, 5) is 15.1. The van der Waals surface area contributed by atoms with Gasteiger partial charge >= 0.3 is 0 Å². The van der Waals surface area contributed by atoms with Crippen molar-refractivity contribution in [2.75, 3.05) is 23.4 Å². The largest absolute Gasteiger partial charge is 0.492 e. The van der Waals surface area contributed by atoms with Gasteiger partial charge in [0, 0.05) is 24.3 Å². The number of benzene rings is 3. The SMILES string of the molecule is CCOc1ccccc1NC(=O)c1ccc(CN2CCCc3ccccc32)cc1. The van der Waals surface area contributed by atoms with E-state index in [0.717, 1.165) is 19.5 Å². The number of anilines is 2. The van der Waals surface area contributed by atoms with Crippen LogP contribution in [0.25, 0.3) is 0 Å². The zero-order chi connectivity index (χ0) is 20.1. The Morgan fingerprint density at radius 1 is 1.00 bits per heavy atom. The van der Waals surface area contributed by atoms with Crippen LogP contribution >= 0.6 is 0 Å². The van der Waals surface area contributed by atoms with Crippen molar-refractivity contribution < 1.29 is 9.53 Å². The maximum Gasteiger partial charge on any atom is 0.255 e. The molecule has 0 atom stereocenters. The van der Waals surface area contributed by atoms with E-state index in [2.05, 4.69) is 34.5 Å². The summed E-state index contributed by atoms with van der Waals surface area (Å²) >= 11 is 0. The van der Waals surface area contributed by atoms with E-state index < -0.39 is 0 Å². The minimum atomic E-state index is -0.132. The highest BCUT2D eigenvalue weighted by Crippen LogP contribution is 2.28. The zero-order valence-corrected chi connectivity index (χ0v) is 16.7. The van der Waals surface area contributed by atoms with E-state index in [-0.39, 0.29) is 5.91 Å². The van der Waals surface area contributed by atoms with Crippen molar-refractivity contribution in [3.63, 3.8) is 0 Å². The molecular weight excluding hydrogens is 360 g/mol. The summed E-state index contributed by atoms with van der Waals surface area (Å²) in [6.45, 7) is 4.40. The van der Waals surface area contributed by atoms with Crippen LogP contribution in [0.3, 0.4) is 0 Å². The van der Waals surface area contributed by atoms with Crippen molar-refractivity contribution in [2.45, 2.75) is 26.3 Å². The molecule has 0 bridgehead atoms. The Balaban J connectivity index is 1.44.